The topological polar surface area (TPSA) is 65.3 Å². The smallest absolute Gasteiger partial charge is 0.324 e. The van der Waals surface area contributed by atoms with Gasteiger partial charge in [0, 0.05) is 7.05 Å². The Balaban J connectivity index is 2.57. The van der Waals surface area contributed by atoms with Crippen LogP contribution in [0.15, 0.2) is 34.6 Å². The summed E-state index contributed by atoms with van der Waals surface area (Å²) in [6, 6.07) is 5.41. The number of likely N-dealkylation sites (N-methyl/N-ethyl adjacent to an activating group) is 1. The monoisotopic (exact) mass is 211 g/mol. The highest BCUT2D eigenvalue weighted by molar-refractivity contribution is 5.68. The number of carbonyl (C=O) groups is 1. The Morgan fingerprint density at radius 3 is 2.60 bits per heavy atom. The van der Waals surface area contributed by atoms with Crippen molar-refractivity contribution in [2.75, 3.05) is 13.6 Å². The maximum atomic E-state index is 12.5. The van der Waals surface area contributed by atoms with Crippen LogP contribution in [0, 0.1) is 5.82 Å². The van der Waals surface area contributed by atoms with Gasteiger partial charge >= 0.3 is 5.97 Å². The molecule has 80 valence electrons. The first-order chi connectivity index (χ1) is 7.08. The number of carboxylic acids is 1. The van der Waals surface area contributed by atoms with Crippen LogP contribution in [0.5, 0.6) is 0 Å². The van der Waals surface area contributed by atoms with E-state index in [4.69, 9.17) is 5.11 Å². The maximum Gasteiger partial charge on any atom is 0.324 e. The zero-order valence-electron chi connectivity index (χ0n) is 8.09. The SMILES string of the molecule is CN(CC(=O)O)N=Nc1ccc(F)cc1. The summed E-state index contributed by atoms with van der Waals surface area (Å²) in [5.41, 5.74) is 0.466. The van der Waals surface area contributed by atoms with Crippen molar-refractivity contribution in [3.05, 3.63) is 30.1 Å². The fourth-order valence-corrected chi connectivity index (χ4v) is 0.863. The zero-order chi connectivity index (χ0) is 11.3. The first kappa shape index (κ1) is 11.1. The number of halogens is 1. The third-order valence-electron chi connectivity index (χ3n) is 1.50. The number of aliphatic carboxylic acids is 1. The first-order valence-electron chi connectivity index (χ1n) is 4.18. The predicted molar refractivity (Wildman–Crippen MR) is 51.2 cm³/mol. The minimum absolute atomic E-state index is 0.231. The van der Waals surface area contributed by atoms with E-state index < -0.39 is 5.97 Å². The molecule has 0 unspecified atom stereocenters. The number of hydrogen-bond donors (Lipinski definition) is 1. The van der Waals surface area contributed by atoms with Gasteiger partial charge in [0.15, 0.2) is 0 Å². The van der Waals surface area contributed by atoms with Crippen LogP contribution in [0.3, 0.4) is 0 Å². The third-order valence-corrected chi connectivity index (χ3v) is 1.50. The fraction of sp³-hybridized carbons (Fsp3) is 0.222. The highest BCUT2D eigenvalue weighted by atomic mass is 19.1. The number of nitrogens with zero attached hydrogens (tertiary/aromatic N) is 3. The zero-order valence-corrected chi connectivity index (χ0v) is 8.09. The Labute approximate surface area is 85.8 Å². The summed E-state index contributed by atoms with van der Waals surface area (Å²) in [5, 5.41) is 16.9. The lowest BCUT2D eigenvalue weighted by atomic mass is 10.3. The molecule has 1 N–H and O–H groups in total. The Morgan fingerprint density at radius 1 is 1.47 bits per heavy atom. The van der Waals surface area contributed by atoms with Gasteiger partial charge in [-0.3, -0.25) is 9.80 Å². The van der Waals surface area contributed by atoms with Gasteiger partial charge in [0.25, 0.3) is 0 Å². The van der Waals surface area contributed by atoms with Crippen molar-refractivity contribution in [3.8, 4) is 0 Å². The number of benzene rings is 1. The third kappa shape index (κ3) is 4.17. The summed E-state index contributed by atoms with van der Waals surface area (Å²) in [5.74, 6) is -1.34. The molecule has 0 aliphatic rings. The van der Waals surface area contributed by atoms with Gasteiger partial charge in [0.1, 0.15) is 12.4 Å². The Morgan fingerprint density at radius 2 is 2.07 bits per heavy atom. The lowest BCUT2D eigenvalue weighted by Gasteiger charge is -2.06. The van der Waals surface area contributed by atoms with E-state index in [-0.39, 0.29) is 12.4 Å². The normalized spacial score (nSPS) is 10.5. The molecule has 1 aromatic rings. The fourth-order valence-electron chi connectivity index (χ4n) is 0.863. The van der Waals surface area contributed by atoms with Crippen LogP contribution in [0.25, 0.3) is 0 Å². The van der Waals surface area contributed by atoms with Crippen molar-refractivity contribution in [3.63, 3.8) is 0 Å². The molecule has 0 atom stereocenters. The molecule has 1 aromatic carbocycles. The van der Waals surface area contributed by atoms with Gasteiger partial charge in [0.2, 0.25) is 0 Å². The van der Waals surface area contributed by atoms with Gasteiger partial charge < -0.3 is 5.11 Å². The minimum atomic E-state index is -0.990. The summed E-state index contributed by atoms with van der Waals surface area (Å²) in [6.07, 6.45) is 0. The van der Waals surface area contributed by atoms with Crippen molar-refractivity contribution in [1.29, 1.82) is 0 Å². The summed E-state index contributed by atoms with van der Waals surface area (Å²) >= 11 is 0. The van der Waals surface area contributed by atoms with Gasteiger partial charge in [-0.05, 0) is 24.3 Å². The minimum Gasteiger partial charge on any atom is -0.480 e. The van der Waals surface area contributed by atoms with Crippen LogP contribution in [-0.2, 0) is 4.79 Å². The van der Waals surface area contributed by atoms with Gasteiger partial charge in [-0.25, -0.2) is 4.39 Å². The molecule has 1 rings (SSSR count). The lowest BCUT2D eigenvalue weighted by molar-refractivity contribution is -0.138. The Kier molecular flexibility index (Phi) is 3.73. The molecule has 0 bridgehead atoms. The summed E-state index contributed by atoms with van der Waals surface area (Å²) in [4.78, 5) is 10.3. The standard InChI is InChI=1S/C9H10FN3O2/c1-13(6-9(14)15)12-11-8-4-2-7(10)3-5-8/h2-5H,6H2,1H3,(H,14,15). The second-order valence-corrected chi connectivity index (χ2v) is 2.88. The molecule has 6 heteroatoms. The van der Waals surface area contributed by atoms with Gasteiger partial charge in [0.05, 0.1) is 5.69 Å². The van der Waals surface area contributed by atoms with Crippen LogP contribution in [0.1, 0.15) is 0 Å². The molecule has 5 nitrogen and oxygen atoms in total. The molecule has 0 radical (unpaired) electrons. The van der Waals surface area contributed by atoms with Crippen LogP contribution in [-0.4, -0.2) is 29.7 Å². The molecule has 0 saturated heterocycles. The summed E-state index contributed by atoms with van der Waals surface area (Å²) < 4.78 is 12.5. The number of rotatable bonds is 4. The molecule has 0 saturated carbocycles. The van der Waals surface area contributed by atoms with E-state index in [1.165, 1.54) is 36.3 Å². The van der Waals surface area contributed by atoms with E-state index in [2.05, 4.69) is 10.3 Å². The molecule has 0 amide bonds. The molecular weight excluding hydrogens is 201 g/mol. The summed E-state index contributed by atoms with van der Waals surface area (Å²) in [7, 11) is 1.49. The van der Waals surface area contributed by atoms with Crippen LogP contribution < -0.4 is 0 Å². The molecule has 0 heterocycles. The molecular formula is C9H10FN3O2. The lowest BCUT2D eigenvalue weighted by Crippen LogP contribution is -2.19. The maximum absolute atomic E-state index is 12.5. The molecule has 0 spiro atoms. The highest BCUT2D eigenvalue weighted by Crippen LogP contribution is 2.12. The Bertz CT molecular complexity index is 364. The molecule has 0 fully saturated rings. The molecule has 0 aliphatic heterocycles. The highest BCUT2D eigenvalue weighted by Gasteiger charge is 2.00. The van der Waals surface area contributed by atoms with Gasteiger partial charge in [-0.1, -0.05) is 5.22 Å². The molecule has 15 heavy (non-hydrogen) atoms. The van der Waals surface area contributed by atoms with E-state index in [0.717, 1.165) is 0 Å². The van der Waals surface area contributed by atoms with Crippen molar-refractivity contribution >= 4 is 11.7 Å². The largest absolute Gasteiger partial charge is 0.480 e. The van der Waals surface area contributed by atoms with Gasteiger partial charge in [-0.2, -0.15) is 0 Å². The van der Waals surface area contributed by atoms with E-state index in [1.807, 2.05) is 0 Å². The second-order valence-electron chi connectivity index (χ2n) is 2.88. The number of carboxylic acid groups (broad SMARTS) is 1. The quantitative estimate of drug-likeness (QED) is 0.610. The molecule has 0 aliphatic carbocycles. The summed E-state index contributed by atoms with van der Waals surface area (Å²) in [6.45, 7) is -0.231. The van der Waals surface area contributed by atoms with E-state index in [9.17, 15) is 9.18 Å². The first-order valence-corrected chi connectivity index (χ1v) is 4.18. The van der Waals surface area contributed by atoms with Crippen molar-refractivity contribution in [2.45, 2.75) is 0 Å². The predicted octanol–water partition coefficient (Wildman–Crippen LogP) is 1.84. The van der Waals surface area contributed by atoms with Crippen LogP contribution >= 0.6 is 0 Å². The van der Waals surface area contributed by atoms with Crippen molar-refractivity contribution in [1.82, 2.24) is 5.01 Å². The second kappa shape index (κ2) is 5.04. The van der Waals surface area contributed by atoms with Crippen LogP contribution in [0.2, 0.25) is 0 Å². The van der Waals surface area contributed by atoms with E-state index in [1.54, 1.807) is 0 Å². The average molecular weight is 211 g/mol. The average Bonchev–Trinajstić information content (AvgIpc) is 2.16. The number of hydrogen-bond acceptors (Lipinski definition) is 3. The van der Waals surface area contributed by atoms with Crippen LogP contribution in [0.4, 0.5) is 10.1 Å². The van der Waals surface area contributed by atoms with Crippen molar-refractivity contribution in [2.24, 2.45) is 10.3 Å². The molecule has 0 aromatic heterocycles. The van der Waals surface area contributed by atoms with E-state index in [0.29, 0.717) is 5.69 Å². The van der Waals surface area contributed by atoms with E-state index >= 15 is 0 Å². The Hall–Kier alpha value is -1.98. The van der Waals surface area contributed by atoms with Gasteiger partial charge in [-0.15, -0.1) is 5.11 Å². The van der Waals surface area contributed by atoms with Crippen molar-refractivity contribution < 1.29 is 14.3 Å².